The number of benzene rings is 3. The number of rotatable bonds is 12. The molecule has 2 aliphatic heterocycles. The van der Waals surface area contributed by atoms with Crippen LogP contribution < -0.4 is 15.8 Å². The molecule has 3 aromatic carbocycles. The molecule has 2 aliphatic rings. The van der Waals surface area contributed by atoms with Gasteiger partial charge in [-0.15, -0.1) is 13.2 Å². The van der Waals surface area contributed by atoms with Gasteiger partial charge in [0, 0.05) is 74.9 Å². The summed E-state index contributed by atoms with van der Waals surface area (Å²) in [7, 11) is 0. The highest BCUT2D eigenvalue weighted by atomic mass is 19.4. The molecule has 0 saturated carbocycles. The van der Waals surface area contributed by atoms with Crippen LogP contribution in [0.3, 0.4) is 0 Å². The number of carbonyl (C=O) groups excluding carboxylic acids is 1. The Kier molecular flexibility index (Phi) is 10.7. The number of unbranched alkanes of at least 4 members (excludes halogenated alkanes) is 1. The second kappa shape index (κ2) is 15.1. The smallest absolute Gasteiger partial charge is 0.406 e. The molecule has 0 unspecified atom stereocenters. The Hall–Kier alpha value is -4.21. The zero-order valence-corrected chi connectivity index (χ0v) is 27.6. The van der Waals surface area contributed by atoms with Crippen molar-refractivity contribution in [3.05, 3.63) is 89.6 Å². The van der Waals surface area contributed by atoms with E-state index in [9.17, 15) is 23.2 Å². The molecule has 0 radical (unpaired) electrons. The molecule has 2 fully saturated rings. The lowest BCUT2D eigenvalue weighted by Gasteiger charge is -2.35. The van der Waals surface area contributed by atoms with Gasteiger partial charge in [0.15, 0.2) is 5.78 Å². The van der Waals surface area contributed by atoms with Crippen molar-refractivity contribution in [2.45, 2.75) is 63.6 Å². The van der Waals surface area contributed by atoms with Gasteiger partial charge >= 0.3 is 6.36 Å². The van der Waals surface area contributed by atoms with E-state index >= 15 is 0 Å². The monoisotopic (exact) mass is 672 g/mol. The SMILES string of the molecule is N#Cc1ccccc1CN1CCN(Cc2ccc3c(c2)c(-c2ccc(OC(F)(F)F)cc2)cn3CCCCC(=O)C2(N)CCNCC2)CC1. The molecular formula is C38H43F3N6O2. The standard InChI is InChI=1S/C38H43F3N6O2/c39-38(40,41)49-32-11-9-29(10-12-32)34-27-47(18-4-3-7-36(48)37(43)14-16-44-17-15-37)35-13-8-28(23-33(34)35)25-45-19-21-46(22-20-45)26-31-6-2-1-5-30(31)24-42/h1-2,5-6,8-13,23,27,44H,3-4,7,14-22,25-26,43H2. The number of nitrogens with one attached hydrogen (secondary N) is 1. The third-order valence-electron chi connectivity index (χ3n) is 9.85. The van der Waals surface area contributed by atoms with Crippen molar-refractivity contribution in [2.24, 2.45) is 5.73 Å². The fraction of sp³-hybridized carbons (Fsp3) is 0.421. The van der Waals surface area contributed by atoms with Gasteiger partial charge in [-0.1, -0.05) is 36.4 Å². The highest BCUT2D eigenvalue weighted by molar-refractivity contribution is 5.96. The third-order valence-corrected chi connectivity index (χ3v) is 9.85. The topological polar surface area (TPSA) is 99.5 Å². The number of aromatic nitrogens is 1. The van der Waals surface area contributed by atoms with Crippen LogP contribution in [0.5, 0.6) is 5.75 Å². The van der Waals surface area contributed by atoms with Gasteiger partial charge in [0.1, 0.15) is 5.75 Å². The zero-order valence-electron chi connectivity index (χ0n) is 27.6. The maximum atomic E-state index is 12.9. The van der Waals surface area contributed by atoms with Crippen molar-refractivity contribution < 1.29 is 22.7 Å². The molecule has 3 heterocycles. The predicted octanol–water partition coefficient (Wildman–Crippen LogP) is 6.22. The third kappa shape index (κ3) is 8.69. The van der Waals surface area contributed by atoms with E-state index in [1.54, 1.807) is 12.1 Å². The maximum absolute atomic E-state index is 12.9. The number of Topliss-reactive ketones (excluding diaryl/α,β-unsaturated/α-hetero) is 1. The summed E-state index contributed by atoms with van der Waals surface area (Å²) in [5.74, 6) is -0.127. The number of ketones is 1. The van der Waals surface area contributed by atoms with Crippen molar-refractivity contribution in [3.8, 4) is 22.9 Å². The number of nitrogens with zero attached hydrogens (tertiary/aromatic N) is 4. The van der Waals surface area contributed by atoms with Crippen LogP contribution in [-0.2, 0) is 24.4 Å². The van der Waals surface area contributed by atoms with Crippen LogP contribution in [0.2, 0.25) is 0 Å². The van der Waals surface area contributed by atoms with Crippen LogP contribution in [0.15, 0.2) is 72.9 Å². The van der Waals surface area contributed by atoms with E-state index < -0.39 is 11.9 Å². The van der Waals surface area contributed by atoms with Crippen LogP contribution in [0.1, 0.15) is 48.8 Å². The van der Waals surface area contributed by atoms with E-state index in [1.807, 2.05) is 24.3 Å². The number of carbonyl (C=O) groups is 1. The Bertz CT molecular complexity index is 1780. The lowest BCUT2D eigenvalue weighted by molar-refractivity contribution is -0.274. The molecule has 49 heavy (non-hydrogen) atoms. The van der Waals surface area contributed by atoms with Crippen molar-refractivity contribution in [1.82, 2.24) is 19.7 Å². The number of nitriles is 1. The van der Waals surface area contributed by atoms with Crippen LogP contribution in [-0.4, -0.2) is 71.3 Å². The Morgan fingerprint density at radius 3 is 2.33 bits per heavy atom. The lowest BCUT2D eigenvalue weighted by atomic mass is 9.83. The average Bonchev–Trinajstić information content (AvgIpc) is 3.45. The average molecular weight is 673 g/mol. The lowest BCUT2D eigenvalue weighted by Crippen LogP contribution is -2.54. The summed E-state index contributed by atoms with van der Waals surface area (Å²) < 4.78 is 44.7. The number of fused-ring (bicyclic) bond motifs is 1. The maximum Gasteiger partial charge on any atom is 0.573 e. The summed E-state index contributed by atoms with van der Waals surface area (Å²) in [4.78, 5) is 17.7. The van der Waals surface area contributed by atoms with E-state index in [-0.39, 0.29) is 11.5 Å². The number of piperidine rings is 1. The molecular weight excluding hydrogens is 629 g/mol. The minimum atomic E-state index is -4.75. The number of alkyl halides is 3. The minimum absolute atomic E-state index is 0.130. The molecule has 0 spiro atoms. The van der Waals surface area contributed by atoms with E-state index in [2.05, 4.69) is 54.9 Å². The Morgan fingerprint density at radius 1 is 0.939 bits per heavy atom. The fourth-order valence-corrected chi connectivity index (χ4v) is 7.03. The molecule has 3 N–H and O–H groups in total. The molecule has 6 rings (SSSR count). The van der Waals surface area contributed by atoms with Crippen LogP contribution in [0.4, 0.5) is 13.2 Å². The molecule has 4 aromatic rings. The summed E-state index contributed by atoms with van der Waals surface area (Å²) in [6.07, 6.45) is 0.620. The van der Waals surface area contributed by atoms with Crippen molar-refractivity contribution in [3.63, 3.8) is 0 Å². The molecule has 8 nitrogen and oxygen atoms in total. The van der Waals surface area contributed by atoms with Gasteiger partial charge in [-0.3, -0.25) is 14.6 Å². The van der Waals surface area contributed by atoms with Crippen LogP contribution in [0.25, 0.3) is 22.0 Å². The van der Waals surface area contributed by atoms with Crippen LogP contribution in [0, 0.1) is 11.3 Å². The molecule has 258 valence electrons. The van der Waals surface area contributed by atoms with Gasteiger partial charge in [-0.05, 0) is 85.8 Å². The molecule has 0 amide bonds. The number of nitrogens with two attached hydrogens (primary N) is 1. The van der Waals surface area contributed by atoms with E-state index in [0.717, 1.165) is 104 Å². The number of aryl methyl sites for hydroxylation is 1. The summed E-state index contributed by atoms with van der Waals surface area (Å²) in [5, 5.41) is 13.8. The Balaban J connectivity index is 1.15. The van der Waals surface area contributed by atoms with Crippen LogP contribution >= 0.6 is 0 Å². The van der Waals surface area contributed by atoms with E-state index in [4.69, 9.17) is 5.73 Å². The first-order valence-electron chi connectivity index (χ1n) is 17.0. The quantitative estimate of drug-likeness (QED) is 0.173. The highest BCUT2D eigenvalue weighted by Crippen LogP contribution is 2.34. The Labute approximate surface area is 285 Å². The molecule has 0 atom stereocenters. The summed E-state index contributed by atoms with van der Waals surface area (Å²) >= 11 is 0. The highest BCUT2D eigenvalue weighted by Gasteiger charge is 2.34. The van der Waals surface area contributed by atoms with Crippen molar-refractivity contribution >= 4 is 16.7 Å². The number of halogens is 3. The zero-order chi connectivity index (χ0) is 34.4. The van der Waals surface area contributed by atoms with Gasteiger partial charge in [0.25, 0.3) is 0 Å². The molecule has 2 saturated heterocycles. The Morgan fingerprint density at radius 2 is 1.63 bits per heavy atom. The van der Waals surface area contributed by atoms with Gasteiger partial charge in [0.05, 0.1) is 17.2 Å². The second-order valence-electron chi connectivity index (χ2n) is 13.3. The van der Waals surface area contributed by atoms with Crippen molar-refractivity contribution in [1.29, 1.82) is 5.26 Å². The molecule has 0 aliphatic carbocycles. The first kappa shape index (κ1) is 34.6. The number of piperazine rings is 1. The first-order chi connectivity index (χ1) is 23.6. The minimum Gasteiger partial charge on any atom is -0.406 e. The number of ether oxygens (including phenoxy) is 1. The fourth-order valence-electron chi connectivity index (χ4n) is 7.03. The predicted molar refractivity (Wildman–Crippen MR) is 184 cm³/mol. The second-order valence-corrected chi connectivity index (χ2v) is 13.3. The van der Waals surface area contributed by atoms with Crippen molar-refractivity contribution in [2.75, 3.05) is 39.3 Å². The molecule has 11 heteroatoms. The largest absolute Gasteiger partial charge is 0.573 e. The molecule has 1 aromatic heterocycles. The van der Waals surface area contributed by atoms with Gasteiger partial charge in [0.2, 0.25) is 0 Å². The van der Waals surface area contributed by atoms with Gasteiger partial charge in [-0.25, -0.2) is 0 Å². The summed E-state index contributed by atoms with van der Waals surface area (Å²) in [5.41, 5.74) is 11.4. The number of hydrogen-bond donors (Lipinski definition) is 2. The van der Waals surface area contributed by atoms with E-state index in [1.165, 1.54) is 12.1 Å². The van der Waals surface area contributed by atoms with E-state index in [0.29, 0.717) is 25.8 Å². The van der Waals surface area contributed by atoms with Gasteiger partial charge in [-0.2, -0.15) is 5.26 Å². The number of hydrogen-bond acceptors (Lipinski definition) is 7. The molecule has 0 bridgehead atoms. The summed E-state index contributed by atoms with van der Waals surface area (Å²) in [6.45, 7) is 7.38. The first-order valence-corrected chi connectivity index (χ1v) is 17.0. The normalized spacial score (nSPS) is 17.2. The van der Waals surface area contributed by atoms with Gasteiger partial charge < -0.3 is 20.4 Å². The summed E-state index contributed by atoms with van der Waals surface area (Å²) in [6, 6.07) is 22.5.